The average molecular weight is 538 g/mol. The summed E-state index contributed by atoms with van der Waals surface area (Å²) in [5, 5.41) is 2.91. The summed E-state index contributed by atoms with van der Waals surface area (Å²) < 4.78 is 11.0. The minimum absolute atomic E-state index is 0.0316. The van der Waals surface area contributed by atoms with E-state index in [1.165, 1.54) is 4.90 Å². The Morgan fingerprint density at radius 3 is 2.52 bits per heavy atom. The lowest BCUT2D eigenvalue weighted by atomic mass is 10.1. The SMILES string of the molecule is CC(C)OC(=O)c1ccc(N2C[C@@H](C(=O)OCC(=O)Nc3ccc(Br)cc3Cl)CC2=O)cc1. The van der Waals surface area contributed by atoms with Crippen LogP contribution in [0.15, 0.2) is 46.9 Å². The highest BCUT2D eigenvalue weighted by atomic mass is 79.9. The molecule has 3 rings (SSSR count). The molecular weight excluding hydrogens is 516 g/mol. The van der Waals surface area contributed by atoms with Crippen LogP contribution in [0.5, 0.6) is 0 Å². The minimum atomic E-state index is -0.702. The number of ether oxygens (including phenoxy) is 2. The van der Waals surface area contributed by atoms with Gasteiger partial charge in [0.05, 0.1) is 28.3 Å². The number of rotatable bonds is 7. The van der Waals surface area contributed by atoms with Crippen LogP contribution in [0.4, 0.5) is 11.4 Å². The van der Waals surface area contributed by atoms with Crippen molar-refractivity contribution in [1.82, 2.24) is 0 Å². The Balaban J connectivity index is 1.53. The third kappa shape index (κ3) is 6.55. The standard InChI is InChI=1S/C23H22BrClN2O6/c1-13(2)33-23(31)14-3-6-17(7-4-14)27-11-15(9-21(27)29)22(30)32-12-20(28)26-19-8-5-16(24)10-18(19)25/h3-8,10,13,15H,9,11-12H2,1-2H3,(H,26,28)/t15-/m0/s1. The predicted octanol–water partition coefficient (Wildman–Crippen LogP) is 4.20. The van der Waals surface area contributed by atoms with Gasteiger partial charge in [-0.15, -0.1) is 0 Å². The molecule has 0 radical (unpaired) electrons. The van der Waals surface area contributed by atoms with Crippen LogP contribution in [0, 0.1) is 5.92 Å². The number of nitrogens with zero attached hydrogens (tertiary/aromatic N) is 1. The van der Waals surface area contributed by atoms with E-state index in [0.717, 1.165) is 4.47 Å². The van der Waals surface area contributed by atoms with Crippen molar-refractivity contribution in [3.05, 3.63) is 57.5 Å². The first kappa shape index (κ1) is 24.7. The quantitative estimate of drug-likeness (QED) is 0.531. The highest BCUT2D eigenvalue weighted by Gasteiger charge is 2.36. The van der Waals surface area contributed by atoms with Crippen LogP contribution in [0.25, 0.3) is 0 Å². The minimum Gasteiger partial charge on any atom is -0.459 e. The Hall–Kier alpha value is -2.91. The lowest BCUT2D eigenvalue weighted by Gasteiger charge is -2.17. The molecule has 1 fully saturated rings. The Bertz CT molecular complexity index is 1070. The zero-order valence-corrected chi connectivity index (χ0v) is 20.3. The monoisotopic (exact) mass is 536 g/mol. The van der Waals surface area contributed by atoms with Gasteiger partial charge in [0.15, 0.2) is 6.61 Å². The molecule has 8 nitrogen and oxygen atoms in total. The molecule has 1 aliphatic heterocycles. The van der Waals surface area contributed by atoms with Gasteiger partial charge in [-0.25, -0.2) is 4.79 Å². The molecule has 1 aliphatic rings. The van der Waals surface area contributed by atoms with Gasteiger partial charge in [-0.3, -0.25) is 14.4 Å². The summed E-state index contributed by atoms with van der Waals surface area (Å²) in [4.78, 5) is 50.3. The second-order valence-electron chi connectivity index (χ2n) is 7.69. The topological polar surface area (TPSA) is 102 Å². The number of anilines is 2. The maximum atomic E-state index is 12.4. The Kier molecular flexibility index (Phi) is 8.10. The molecule has 2 aromatic carbocycles. The van der Waals surface area contributed by atoms with Crippen molar-refractivity contribution >= 4 is 62.7 Å². The Morgan fingerprint density at radius 2 is 1.88 bits per heavy atom. The second kappa shape index (κ2) is 10.8. The largest absolute Gasteiger partial charge is 0.459 e. The number of halogens is 2. The number of esters is 2. The smallest absolute Gasteiger partial charge is 0.338 e. The fourth-order valence-corrected chi connectivity index (χ4v) is 3.93. The highest BCUT2D eigenvalue weighted by molar-refractivity contribution is 9.10. The molecule has 0 bridgehead atoms. The maximum absolute atomic E-state index is 12.4. The molecule has 2 amide bonds. The average Bonchev–Trinajstić information content (AvgIpc) is 3.15. The first-order valence-corrected chi connectivity index (χ1v) is 11.3. The summed E-state index contributed by atoms with van der Waals surface area (Å²) in [7, 11) is 0. The number of benzene rings is 2. The van der Waals surface area contributed by atoms with E-state index in [0.29, 0.717) is 22.0 Å². The first-order chi connectivity index (χ1) is 15.6. The van der Waals surface area contributed by atoms with Gasteiger partial charge in [0, 0.05) is 23.1 Å². The lowest BCUT2D eigenvalue weighted by Crippen LogP contribution is -2.28. The van der Waals surface area contributed by atoms with Crippen LogP contribution in [-0.2, 0) is 23.9 Å². The molecule has 0 unspecified atom stereocenters. The van der Waals surface area contributed by atoms with Gasteiger partial charge in [0.25, 0.3) is 5.91 Å². The zero-order valence-electron chi connectivity index (χ0n) is 18.0. The third-order valence-corrected chi connectivity index (χ3v) is 5.57. The molecule has 0 aliphatic carbocycles. The van der Waals surface area contributed by atoms with E-state index in [2.05, 4.69) is 21.2 Å². The van der Waals surface area contributed by atoms with Crippen LogP contribution in [0.3, 0.4) is 0 Å². The van der Waals surface area contributed by atoms with Crippen LogP contribution in [-0.4, -0.2) is 43.0 Å². The number of amides is 2. The van der Waals surface area contributed by atoms with Crippen LogP contribution >= 0.6 is 27.5 Å². The Morgan fingerprint density at radius 1 is 1.18 bits per heavy atom. The van der Waals surface area contributed by atoms with E-state index in [1.807, 2.05) is 0 Å². The van der Waals surface area contributed by atoms with E-state index >= 15 is 0 Å². The van der Waals surface area contributed by atoms with E-state index in [1.54, 1.807) is 56.3 Å². The summed E-state index contributed by atoms with van der Waals surface area (Å²) in [6.07, 6.45) is -0.270. The predicted molar refractivity (Wildman–Crippen MR) is 126 cm³/mol. The van der Waals surface area contributed by atoms with Crippen molar-refractivity contribution in [2.24, 2.45) is 5.92 Å². The molecule has 1 saturated heterocycles. The van der Waals surface area contributed by atoms with Gasteiger partial charge >= 0.3 is 11.9 Å². The molecule has 0 saturated carbocycles. The molecule has 10 heteroatoms. The summed E-state index contributed by atoms with van der Waals surface area (Å²) in [5.41, 5.74) is 1.31. The van der Waals surface area contributed by atoms with E-state index in [4.69, 9.17) is 21.1 Å². The third-order valence-electron chi connectivity index (χ3n) is 4.77. The fourth-order valence-electron chi connectivity index (χ4n) is 3.21. The summed E-state index contributed by atoms with van der Waals surface area (Å²) >= 11 is 9.33. The molecular formula is C23H22BrClN2O6. The van der Waals surface area contributed by atoms with Gasteiger partial charge in [-0.1, -0.05) is 27.5 Å². The number of hydrogen-bond donors (Lipinski definition) is 1. The molecule has 1 heterocycles. The molecule has 174 valence electrons. The fraction of sp³-hybridized carbons (Fsp3) is 0.304. The molecule has 0 aromatic heterocycles. The van der Waals surface area contributed by atoms with Crippen molar-refractivity contribution in [2.45, 2.75) is 26.4 Å². The molecule has 1 atom stereocenters. The van der Waals surface area contributed by atoms with Gasteiger partial charge < -0.3 is 19.7 Å². The van der Waals surface area contributed by atoms with Crippen molar-refractivity contribution < 1.29 is 28.7 Å². The molecule has 2 aromatic rings. The zero-order chi connectivity index (χ0) is 24.1. The van der Waals surface area contributed by atoms with Gasteiger partial charge in [-0.05, 0) is 56.3 Å². The van der Waals surface area contributed by atoms with Gasteiger partial charge in [0.2, 0.25) is 5.91 Å². The van der Waals surface area contributed by atoms with Crippen molar-refractivity contribution in [1.29, 1.82) is 0 Å². The van der Waals surface area contributed by atoms with Crippen molar-refractivity contribution in [3.63, 3.8) is 0 Å². The summed E-state index contributed by atoms with van der Waals surface area (Å²) in [5.74, 6) is -2.58. The first-order valence-electron chi connectivity index (χ1n) is 10.2. The highest BCUT2D eigenvalue weighted by Crippen LogP contribution is 2.27. The molecule has 0 spiro atoms. The van der Waals surface area contributed by atoms with Crippen LogP contribution in [0.1, 0.15) is 30.6 Å². The van der Waals surface area contributed by atoms with Gasteiger partial charge in [-0.2, -0.15) is 0 Å². The van der Waals surface area contributed by atoms with E-state index < -0.39 is 30.4 Å². The van der Waals surface area contributed by atoms with Crippen LogP contribution in [0.2, 0.25) is 5.02 Å². The Labute approximate surface area is 204 Å². The number of carbonyl (C=O) groups is 4. The van der Waals surface area contributed by atoms with Crippen LogP contribution < -0.4 is 10.2 Å². The second-order valence-corrected chi connectivity index (χ2v) is 9.01. The van der Waals surface area contributed by atoms with Gasteiger partial charge in [0.1, 0.15) is 0 Å². The van der Waals surface area contributed by atoms with E-state index in [-0.39, 0.29) is 25.0 Å². The molecule has 1 N–H and O–H groups in total. The normalized spacial score (nSPS) is 15.5. The summed E-state index contributed by atoms with van der Waals surface area (Å²) in [6.45, 7) is 3.14. The molecule has 33 heavy (non-hydrogen) atoms. The number of hydrogen-bond acceptors (Lipinski definition) is 6. The number of nitrogens with one attached hydrogen (secondary N) is 1. The lowest BCUT2D eigenvalue weighted by molar-refractivity contribution is -0.151. The van der Waals surface area contributed by atoms with E-state index in [9.17, 15) is 19.2 Å². The van der Waals surface area contributed by atoms with Crippen molar-refractivity contribution in [3.8, 4) is 0 Å². The number of carbonyl (C=O) groups excluding carboxylic acids is 4. The summed E-state index contributed by atoms with van der Waals surface area (Å²) in [6, 6.07) is 11.3. The van der Waals surface area contributed by atoms with Crippen molar-refractivity contribution in [2.75, 3.05) is 23.4 Å². The maximum Gasteiger partial charge on any atom is 0.338 e.